The van der Waals surface area contributed by atoms with Crippen LogP contribution < -0.4 is 5.32 Å². The van der Waals surface area contributed by atoms with E-state index in [1.807, 2.05) is 60.7 Å². The quantitative estimate of drug-likeness (QED) is 0.438. The van der Waals surface area contributed by atoms with Crippen molar-refractivity contribution in [1.82, 2.24) is 0 Å². The third kappa shape index (κ3) is 4.31. The van der Waals surface area contributed by atoms with Crippen molar-refractivity contribution in [2.24, 2.45) is 0 Å². The molecule has 3 aromatic carbocycles. The smallest absolute Gasteiger partial charge is 0.341 e. The van der Waals surface area contributed by atoms with Gasteiger partial charge in [-0.1, -0.05) is 72.8 Å². The van der Waals surface area contributed by atoms with Gasteiger partial charge >= 0.3 is 5.97 Å². The number of ether oxygens (including phenoxy) is 1. The molecule has 0 fully saturated rings. The van der Waals surface area contributed by atoms with Gasteiger partial charge in [0.05, 0.1) is 17.5 Å². The fraction of sp³-hybridized carbons (Fsp3) is 0.0400. The molecular formula is C25H19NO4. The van der Waals surface area contributed by atoms with Crippen LogP contribution in [-0.4, -0.2) is 11.9 Å². The van der Waals surface area contributed by atoms with E-state index in [-0.39, 0.29) is 11.3 Å². The molecule has 30 heavy (non-hydrogen) atoms. The Balaban J connectivity index is 1.61. The average Bonchev–Trinajstić information content (AvgIpc) is 3.34. The molecule has 1 aromatic heterocycles. The summed E-state index contributed by atoms with van der Waals surface area (Å²) in [5, 5.41) is 2.71. The zero-order valence-corrected chi connectivity index (χ0v) is 16.0. The van der Waals surface area contributed by atoms with Crippen LogP contribution in [-0.2, 0) is 4.74 Å². The van der Waals surface area contributed by atoms with Crippen molar-refractivity contribution in [3.8, 4) is 0 Å². The molecule has 4 aromatic rings. The van der Waals surface area contributed by atoms with Gasteiger partial charge in [0.25, 0.3) is 5.91 Å². The number of furan rings is 1. The van der Waals surface area contributed by atoms with Crippen molar-refractivity contribution in [1.29, 1.82) is 0 Å². The number of carbonyl (C=O) groups is 2. The lowest BCUT2D eigenvalue weighted by atomic mass is 10.0. The SMILES string of the molecule is O=C(Nc1ccccc1C(=O)OC(c1ccccc1)c1ccccc1)c1ccco1. The van der Waals surface area contributed by atoms with Crippen LogP contribution in [0, 0.1) is 0 Å². The van der Waals surface area contributed by atoms with E-state index in [1.165, 1.54) is 6.26 Å². The molecule has 1 heterocycles. The molecule has 5 heteroatoms. The summed E-state index contributed by atoms with van der Waals surface area (Å²) in [6.45, 7) is 0. The molecule has 0 bridgehead atoms. The van der Waals surface area contributed by atoms with E-state index in [9.17, 15) is 9.59 Å². The first kappa shape index (κ1) is 19.2. The predicted molar refractivity (Wildman–Crippen MR) is 113 cm³/mol. The molecule has 0 aliphatic heterocycles. The predicted octanol–water partition coefficient (Wildman–Crippen LogP) is 5.48. The number of para-hydroxylation sites is 1. The van der Waals surface area contributed by atoms with Gasteiger partial charge in [-0.05, 0) is 35.4 Å². The Morgan fingerprint density at radius 1 is 0.733 bits per heavy atom. The monoisotopic (exact) mass is 397 g/mol. The molecule has 0 aliphatic rings. The van der Waals surface area contributed by atoms with E-state index in [2.05, 4.69) is 5.32 Å². The molecule has 148 valence electrons. The van der Waals surface area contributed by atoms with Gasteiger partial charge in [0.1, 0.15) is 0 Å². The number of anilines is 1. The summed E-state index contributed by atoms with van der Waals surface area (Å²) in [7, 11) is 0. The van der Waals surface area contributed by atoms with E-state index in [0.29, 0.717) is 5.69 Å². The van der Waals surface area contributed by atoms with Crippen molar-refractivity contribution in [2.75, 3.05) is 5.32 Å². The largest absolute Gasteiger partial charge is 0.459 e. The van der Waals surface area contributed by atoms with Crippen molar-refractivity contribution in [3.05, 3.63) is 126 Å². The molecule has 0 spiro atoms. The molecule has 0 radical (unpaired) electrons. The summed E-state index contributed by atoms with van der Waals surface area (Å²) in [5.41, 5.74) is 2.32. The van der Waals surface area contributed by atoms with E-state index in [0.717, 1.165) is 11.1 Å². The van der Waals surface area contributed by atoms with Crippen molar-refractivity contribution in [3.63, 3.8) is 0 Å². The minimum atomic E-state index is -0.575. The normalized spacial score (nSPS) is 10.6. The maximum absolute atomic E-state index is 13.1. The lowest BCUT2D eigenvalue weighted by Gasteiger charge is -2.20. The van der Waals surface area contributed by atoms with E-state index in [1.54, 1.807) is 36.4 Å². The molecule has 4 rings (SSSR count). The Hall–Kier alpha value is -4.12. The van der Waals surface area contributed by atoms with E-state index < -0.39 is 18.0 Å². The number of benzene rings is 3. The Kier molecular flexibility index (Phi) is 5.71. The fourth-order valence-corrected chi connectivity index (χ4v) is 3.12. The summed E-state index contributed by atoms with van der Waals surface area (Å²) < 4.78 is 11.0. The first-order chi connectivity index (χ1) is 14.7. The van der Waals surface area contributed by atoms with Crippen LogP contribution in [0.25, 0.3) is 0 Å². The third-order valence-corrected chi connectivity index (χ3v) is 4.57. The summed E-state index contributed by atoms with van der Waals surface area (Å²) in [5.74, 6) is -0.824. The van der Waals surface area contributed by atoms with Gasteiger partial charge in [-0.15, -0.1) is 0 Å². The van der Waals surface area contributed by atoms with Crippen LogP contribution in [0.15, 0.2) is 108 Å². The second kappa shape index (κ2) is 8.92. The van der Waals surface area contributed by atoms with Crippen LogP contribution in [0.1, 0.15) is 38.1 Å². The zero-order valence-electron chi connectivity index (χ0n) is 16.0. The van der Waals surface area contributed by atoms with Crippen LogP contribution in [0.5, 0.6) is 0 Å². The Morgan fingerprint density at radius 3 is 1.93 bits per heavy atom. The van der Waals surface area contributed by atoms with Crippen molar-refractivity contribution < 1.29 is 18.7 Å². The highest BCUT2D eigenvalue weighted by molar-refractivity contribution is 6.06. The molecule has 0 saturated heterocycles. The first-order valence-corrected chi connectivity index (χ1v) is 9.47. The third-order valence-electron chi connectivity index (χ3n) is 4.57. The number of carbonyl (C=O) groups excluding carboxylic acids is 2. The Bertz CT molecular complexity index is 1080. The van der Waals surface area contributed by atoms with Crippen LogP contribution >= 0.6 is 0 Å². The molecule has 0 atom stereocenters. The second-order valence-electron chi connectivity index (χ2n) is 6.58. The number of nitrogens with one attached hydrogen (secondary N) is 1. The lowest BCUT2D eigenvalue weighted by molar-refractivity contribution is 0.0379. The maximum atomic E-state index is 13.1. The molecule has 0 aliphatic carbocycles. The molecule has 1 N–H and O–H groups in total. The van der Waals surface area contributed by atoms with Crippen molar-refractivity contribution >= 4 is 17.6 Å². The van der Waals surface area contributed by atoms with Gasteiger partial charge in [0, 0.05) is 0 Å². The Labute approximate surface area is 173 Å². The standard InChI is InChI=1S/C25H19NO4/c27-24(22-16-9-17-29-22)26-21-15-8-7-14-20(21)25(28)30-23(18-10-3-1-4-11-18)19-12-5-2-6-13-19/h1-17,23H,(H,26,27). The van der Waals surface area contributed by atoms with Crippen LogP contribution in [0.2, 0.25) is 0 Å². The molecule has 5 nitrogen and oxygen atoms in total. The minimum absolute atomic E-state index is 0.157. The molecular weight excluding hydrogens is 378 g/mol. The van der Waals surface area contributed by atoms with Gasteiger partial charge < -0.3 is 14.5 Å². The van der Waals surface area contributed by atoms with Crippen molar-refractivity contribution in [2.45, 2.75) is 6.10 Å². The number of esters is 1. The first-order valence-electron chi connectivity index (χ1n) is 9.47. The van der Waals surface area contributed by atoms with Gasteiger partial charge in [0.15, 0.2) is 11.9 Å². The topological polar surface area (TPSA) is 68.5 Å². The van der Waals surface area contributed by atoms with Gasteiger partial charge in [-0.3, -0.25) is 4.79 Å². The highest BCUT2D eigenvalue weighted by Gasteiger charge is 2.22. The van der Waals surface area contributed by atoms with Crippen LogP contribution in [0.4, 0.5) is 5.69 Å². The molecule has 0 unspecified atom stereocenters. The summed E-state index contributed by atoms with van der Waals surface area (Å²) in [4.78, 5) is 25.5. The number of hydrogen-bond acceptors (Lipinski definition) is 4. The molecule has 1 amide bonds. The van der Waals surface area contributed by atoms with E-state index in [4.69, 9.17) is 9.15 Å². The highest BCUT2D eigenvalue weighted by Crippen LogP contribution is 2.28. The fourth-order valence-electron chi connectivity index (χ4n) is 3.12. The highest BCUT2D eigenvalue weighted by atomic mass is 16.5. The summed E-state index contributed by atoms with van der Waals surface area (Å²) in [6.07, 6.45) is 0.841. The van der Waals surface area contributed by atoms with Gasteiger partial charge in [-0.2, -0.15) is 0 Å². The lowest BCUT2D eigenvalue weighted by Crippen LogP contribution is -2.17. The van der Waals surface area contributed by atoms with Gasteiger partial charge in [-0.25, -0.2) is 4.79 Å². The second-order valence-corrected chi connectivity index (χ2v) is 6.58. The average molecular weight is 397 g/mol. The Morgan fingerprint density at radius 2 is 1.33 bits per heavy atom. The van der Waals surface area contributed by atoms with Crippen LogP contribution in [0.3, 0.4) is 0 Å². The summed E-state index contributed by atoms with van der Waals surface area (Å²) >= 11 is 0. The molecule has 0 saturated carbocycles. The number of rotatable bonds is 6. The number of hydrogen-bond donors (Lipinski definition) is 1. The maximum Gasteiger partial charge on any atom is 0.341 e. The van der Waals surface area contributed by atoms with Gasteiger partial charge in [0.2, 0.25) is 0 Å². The number of amides is 1. The van der Waals surface area contributed by atoms with E-state index >= 15 is 0 Å². The minimum Gasteiger partial charge on any atom is -0.459 e. The zero-order chi connectivity index (χ0) is 20.8. The summed E-state index contributed by atoms with van der Waals surface area (Å²) in [6, 6.07) is 29.0.